The second-order valence-electron chi connectivity index (χ2n) is 5.78. The van der Waals surface area contributed by atoms with Crippen LogP contribution < -0.4 is 5.32 Å². The lowest BCUT2D eigenvalue weighted by atomic mass is 10.1. The van der Waals surface area contributed by atoms with Crippen LogP contribution in [0.4, 0.5) is 0 Å². The predicted octanol–water partition coefficient (Wildman–Crippen LogP) is 2.09. The number of hydrogen-bond donors (Lipinski definition) is 1. The van der Waals surface area contributed by atoms with Crippen molar-refractivity contribution in [3.8, 4) is 0 Å². The highest BCUT2D eigenvalue weighted by molar-refractivity contribution is 7.14. The minimum absolute atomic E-state index is 0.0652. The molecule has 6 nitrogen and oxygen atoms in total. The van der Waals surface area contributed by atoms with Gasteiger partial charge in [-0.05, 0) is 25.0 Å². The quantitative estimate of drug-likeness (QED) is 0.932. The molecule has 23 heavy (non-hydrogen) atoms. The Hall–Kier alpha value is -2.15. The maximum Gasteiger partial charge on any atom is 0.264 e. The third-order valence-electron chi connectivity index (χ3n) is 4.01. The molecule has 7 heteroatoms. The number of nitrogens with one attached hydrogen (secondary N) is 1. The maximum absolute atomic E-state index is 12.8. The van der Waals surface area contributed by atoms with Crippen molar-refractivity contribution in [3.05, 3.63) is 39.8 Å². The molecule has 0 saturated carbocycles. The molecule has 3 heterocycles. The molecule has 0 aromatic carbocycles. The van der Waals surface area contributed by atoms with Crippen molar-refractivity contribution in [2.24, 2.45) is 7.05 Å². The lowest BCUT2D eigenvalue weighted by molar-refractivity contribution is -0.119. The Morgan fingerprint density at radius 2 is 2.26 bits per heavy atom. The zero-order chi connectivity index (χ0) is 16.4. The Balaban J connectivity index is 1.73. The Kier molecular flexibility index (Phi) is 4.47. The molecule has 2 amide bonds. The molecule has 0 aliphatic carbocycles. The van der Waals surface area contributed by atoms with E-state index in [1.54, 1.807) is 4.68 Å². The van der Waals surface area contributed by atoms with Gasteiger partial charge in [0.2, 0.25) is 5.91 Å². The highest BCUT2D eigenvalue weighted by Gasteiger charge is 2.31. The van der Waals surface area contributed by atoms with Crippen LogP contribution >= 0.6 is 11.3 Å². The van der Waals surface area contributed by atoms with E-state index in [1.165, 1.54) is 18.3 Å². The largest absolute Gasteiger partial charge is 0.351 e. The average molecular weight is 332 g/mol. The third-order valence-corrected chi connectivity index (χ3v) is 5.08. The number of aromatic nitrogens is 2. The smallest absolute Gasteiger partial charge is 0.264 e. The maximum atomic E-state index is 12.8. The van der Waals surface area contributed by atoms with E-state index in [9.17, 15) is 9.59 Å². The summed E-state index contributed by atoms with van der Waals surface area (Å²) in [7, 11) is 1.89. The molecule has 0 bridgehead atoms. The zero-order valence-corrected chi connectivity index (χ0v) is 14.1. The highest BCUT2D eigenvalue weighted by Crippen LogP contribution is 2.33. The lowest BCUT2D eigenvalue weighted by Gasteiger charge is -2.23. The van der Waals surface area contributed by atoms with Crippen LogP contribution in [0.3, 0.4) is 0 Å². The van der Waals surface area contributed by atoms with Gasteiger partial charge >= 0.3 is 0 Å². The van der Waals surface area contributed by atoms with E-state index in [2.05, 4.69) is 10.4 Å². The van der Waals surface area contributed by atoms with Gasteiger partial charge in [-0.3, -0.25) is 14.3 Å². The second-order valence-corrected chi connectivity index (χ2v) is 6.95. The first-order valence-corrected chi connectivity index (χ1v) is 8.49. The van der Waals surface area contributed by atoms with Crippen LogP contribution in [-0.2, 0) is 18.4 Å². The molecule has 1 saturated heterocycles. The first kappa shape index (κ1) is 15.7. The van der Waals surface area contributed by atoms with Gasteiger partial charge in [0.25, 0.3) is 5.91 Å². The number of carbonyl (C=O) groups excluding carboxylic acids is 2. The normalized spacial score (nSPS) is 17.5. The van der Waals surface area contributed by atoms with Crippen molar-refractivity contribution < 1.29 is 9.59 Å². The van der Waals surface area contributed by atoms with E-state index in [1.807, 2.05) is 36.5 Å². The van der Waals surface area contributed by atoms with Crippen molar-refractivity contribution in [2.45, 2.75) is 32.4 Å². The fourth-order valence-electron chi connectivity index (χ4n) is 2.91. The Morgan fingerprint density at radius 1 is 1.43 bits per heavy atom. The SMILES string of the molecule is CC(=O)NCc1ccc(C(=O)N2CCC[C@H]2c2cnn(C)c2)s1. The first-order chi connectivity index (χ1) is 11.0. The summed E-state index contributed by atoms with van der Waals surface area (Å²) < 4.78 is 1.77. The summed E-state index contributed by atoms with van der Waals surface area (Å²) in [4.78, 5) is 27.4. The second kappa shape index (κ2) is 6.54. The van der Waals surface area contributed by atoms with Crippen LogP contribution in [0.5, 0.6) is 0 Å². The zero-order valence-electron chi connectivity index (χ0n) is 13.3. The molecule has 2 aromatic heterocycles. The molecule has 1 aliphatic heterocycles. The van der Waals surface area contributed by atoms with E-state index in [4.69, 9.17) is 0 Å². The Morgan fingerprint density at radius 3 is 2.96 bits per heavy atom. The summed E-state index contributed by atoms with van der Waals surface area (Å²) in [6.45, 7) is 2.74. The Labute approximate surface area is 139 Å². The molecule has 1 fully saturated rings. The van der Waals surface area contributed by atoms with Gasteiger partial charge in [-0.25, -0.2) is 0 Å². The predicted molar refractivity (Wildman–Crippen MR) is 88.1 cm³/mol. The van der Waals surface area contributed by atoms with E-state index < -0.39 is 0 Å². The summed E-state index contributed by atoms with van der Waals surface area (Å²) in [6.07, 6.45) is 5.80. The van der Waals surface area contributed by atoms with Crippen molar-refractivity contribution in [1.29, 1.82) is 0 Å². The number of carbonyl (C=O) groups is 2. The number of nitrogens with zero attached hydrogens (tertiary/aromatic N) is 3. The number of aryl methyl sites for hydroxylation is 1. The minimum Gasteiger partial charge on any atom is -0.351 e. The number of amides is 2. The summed E-state index contributed by atoms with van der Waals surface area (Å²) in [6, 6.07) is 3.86. The van der Waals surface area contributed by atoms with Crippen molar-refractivity contribution in [1.82, 2.24) is 20.0 Å². The molecule has 1 atom stereocenters. The van der Waals surface area contributed by atoms with Gasteiger partial charge in [0.15, 0.2) is 0 Å². The van der Waals surface area contributed by atoms with Crippen molar-refractivity contribution >= 4 is 23.2 Å². The van der Waals surface area contributed by atoms with Crippen LogP contribution in [0.25, 0.3) is 0 Å². The van der Waals surface area contributed by atoms with E-state index in [-0.39, 0.29) is 17.9 Å². The average Bonchev–Trinajstić information content (AvgIpc) is 3.24. The molecule has 1 N–H and O–H groups in total. The number of likely N-dealkylation sites (tertiary alicyclic amines) is 1. The highest BCUT2D eigenvalue weighted by atomic mass is 32.1. The van der Waals surface area contributed by atoms with Crippen LogP contribution in [0.1, 0.15) is 45.9 Å². The molecule has 0 spiro atoms. The number of hydrogen-bond acceptors (Lipinski definition) is 4. The summed E-state index contributed by atoms with van der Waals surface area (Å²) in [5, 5.41) is 6.97. The van der Waals surface area contributed by atoms with Crippen molar-refractivity contribution in [2.75, 3.05) is 6.54 Å². The lowest BCUT2D eigenvalue weighted by Crippen LogP contribution is -2.29. The van der Waals surface area contributed by atoms with Crippen LogP contribution in [-0.4, -0.2) is 33.0 Å². The summed E-state index contributed by atoms with van der Waals surface area (Å²) in [5.74, 6) is -0.00195. The minimum atomic E-state index is -0.0672. The van der Waals surface area contributed by atoms with Gasteiger partial charge in [0.1, 0.15) is 0 Å². The number of rotatable bonds is 4. The molecule has 122 valence electrons. The standard InChI is InChI=1S/C16H20N4O2S/c1-11(21)17-9-13-5-6-15(23-13)16(22)20-7-3-4-14(20)12-8-18-19(2)10-12/h5-6,8,10,14H,3-4,7,9H2,1-2H3,(H,17,21)/t14-/m0/s1. The van der Waals surface area contributed by atoms with Gasteiger partial charge < -0.3 is 10.2 Å². The summed E-state index contributed by atoms with van der Waals surface area (Å²) >= 11 is 1.45. The topological polar surface area (TPSA) is 67.2 Å². The summed E-state index contributed by atoms with van der Waals surface area (Å²) in [5.41, 5.74) is 1.09. The van der Waals surface area contributed by atoms with E-state index in [0.717, 1.165) is 34.7 Å². The molecule has 2 aromatic rings. The monoisotopic (exact) mass is 332 g/mol. The molecular weight excluding hydrogens is 312 g/mol. The van der Waals surface area contributed by atoms with Crippen LogP contribution in [0.15, 0.2) is 24.5 Å². The third kappa shape index (κ3) is 3.44. The van der Waals surface area contributed by atoms with E-state index in [0.29, 0.717) is 6.54 Å². The fourth-order valence-corrected chi connectivity index (χ4v) is 3.81. The van der Waals surface area contributed by atoms with Gasteiger partial charge in [-0.1, -0.05) is 0 Å². The molecule has 1 aliphatic rings. The molecule has 0 radical (unpaired) electrons. The van der Waals surface area contributed by atoms with Crippen LogP contribution in [0, 0.1) is 0 Å². The van der Waals surface area contributed by atoms with Crippen molar-refractivity contribution in [3.63, 3.8) is 0 Å². The number of thiophene rings is 1. The fraction of sp³-hybridized carbons (Fsp3) is 0.438. The molecular formula is C16H20N4O2S. The van der Waals surface area contributed by atoms with Gasteiger partial charge in [-0.2, -0.15) is 5.10 Å². The molecule has 0 unspecified atom stereocenters. The Bertz CT molecular complexity index is 721. The van der Waals surface area contributed by atoms with Gasteiger partial charge in [-0.15, -0.1) is 11.3 Å². The van der Waals surface area contributed by atoms with Crippen LogP contribution in [0.2, 0.25) is 0 Å². The van der Waals surface area contributed by atoms with Gasteiger partial charge in [0, 0.05) is 37.2 Å². The van der Waals surface area contributed by atoms with E-state index >= 15 is 0 Å². The van der Waals surface area contributed by atoms with Gasteiger partial charge in [0.05, 0.1) is 23.7 Å². The first-order valence-electron chi connectivity index (χ1n) is 7.67. The molecule has 3 rings (SSSR count).